The Morgan fingerprint density at radius 2 is 0.900 bits per heavy atom. The van der Waals surface area contributed by atoms with E-state index in [0.29, 0.717) is 67.3 Å². The number of ether oxygens (including phenoxy) is 2. The van der Waals surface area contributed by atoms with Crippen LogP contribution < -0.4 is 9.47 Å². The van der Waals surface area contributed by atoms with Crippen LogP contribution in [-0.2, 0) is 17.9 Å². The van der Waals surface area contributed by atoms with Gasteiger partial charge in [-0.3, -0.25) is 4.79 Å². The Kier molecular flexibility index (Phi) is 13.7. The van der Waals surface area contributed by atoms with Crippen LogP contribution in [0.5, 0.6) is 23.3 Å². The van der Waals surface area contributed by atoms with Gasteiger partial charge in [0.15, 0.2) is 28.1 Å². The molecule has 6 heterocycles. The Balaban J connectivity index is 0.939. The first-order chi connectivity index (χ1) is 34.2. The van der Waals surface area contributed by atoms with Crippen molar-refractivity contribution in [1.82, 2.24) is 49.0 Å². The molecular weight excluding hydrogens is 966 g/mol. The zero-order chi connectivity index (χ0) is 48.0. The highest BCUT2D eigenvalue weighted by molar-refractivity contribution is 6.31. The average molecular weight is 1000 g/mol. The maximum absolute atomic E-state index is 15.3. The molecule has 0 aliphatic carbocycles. The van der Waals surface area contributed by atoms with Gasteiger partial charge in [-0.05, 0) is 94.0 Å². The Bertz CT molecular complexity index is 3260. The van der Waals surface area contributed by atoms with Crippen molar-refractivity contribution in [2.75, 3.05) is 0 Å². The summed E-state index contributed by atoms with van der Waals surface area (Å²) < 4.78 is 16.4. The van der Waals surface area contributed by atoms with Crippen molar-refractivity contribution in [1.29, 1.82) is 0 Å². The molecule has 17 heteroatoms. The van der Waals surface area contributed by atoms with Crippen LogP contribution in [0.15, 0.2) is 171 Å². The Morgan fingerprint density at radius 1 is 0.486 bits per heavy atom. The molecule has 0 bridgehead atoms. The van der Waals surface area contributed by atoms with Gasteiger partial charge in [0.1, 0.15) is 34.5 Å². The fourth-order valence-corrected chi connectivity index (χ4v) is 8.17. The summed E-state index contributed by atoms with van der Waals surface area (Å²) in [6.45, 7) is 0.951. The van der Waals surface area contributed by atoms with Crippen molar-refractivity contribution in [2.45, 2.75) is 24.9 Å². The van der Waals surface area contributed by atoms with Gasteiger partial charge >= 0.3 is 0 Å². The van der Waals surface area contributed by atoms with Gasteiger partial charge in [0.2, 0.25) is 0 Å². The molecule has 10 aromatic rings. The van der Waals surface area contributed by atoms with Crippen LogP contribution in [0.4, 0.5) is 0 Å². The zero-order valence-corrected chi connectivity index (χ0v) is 39.6. The predicted molar refractivity (Wildman–Crippen MR) is 272 cm³/mol. The molecule has 70 heavy (non-hydrogen) atoms. The van der Waals surface area contributed by atoms with E-state index in [9.17, 15) is 0 Å². The Labute approximate surface area is 420 Å². The molecule has 0 spiro atoms. The molecule has 10 rings (SSSR count). The van der Waals surface area contributed by atoms with E-state index in [2.05, 4.69) is 39.9 Å². The van der Waals surface area contributed by atoms with Gasteiger partial charge < -0.3 is 18.6 Å². The summed E-state index contributed by atoms with van der Waals surface area (Å²) in [6.07, 6.45) is 17.3. The third-order valence-corrected chi connectivity index (χ3v) is 12.2. The van der Waals surface area contributed by atoms with E-state index in [1.54, 1.807) is 37.2 Å². The molecule has 344 valence electrons. The van der Waals surface area contributed by atoms with Gasteiger partial charge in [-0.15, -0.1) is 0 Å². The maximum Gasteiger partial charge on any atom is 0.250 e. The number of allylic oxidation sites excluding steroid dienone is 2. The molecule has 13 nitrogen and oxygen atoms in total. The first kappa shape index (κ1) is 45.9. The highest BCUT2D eigenvalue weighted by Gasteiger charge is 2.27. The monoisotopic (exact) mass is 1000 g/mol. The summed E-state index contributed by atoms with van der Waals surface area (Å²) in [7, 11) is 0. The highest BCUT2D eigenvalue weighted by Crippen LogP contribution is 2.35. The van der Waals surface area contributed by atoms with Crippen LogP contribution in [-0.4, -0.2) is 54.8 Å². The number of rotatable bonds is 16. The van der Waals surface area contributed by atoms with Crippen molar-refractivity contribution in [3.05, 3.63) is 225 Å². The lowest BCUT2D eigenvalue weighted by atomic mass is 9.82. The van der Waals surface area contributed by atoms with E-state index in [-0.39, 0.29) is 17.5 Å². The number of imidazole rings is 2. The number of aromatic nitrogens is 10. The Hall–Kier alpha value is -7.81. The van der Waals surface area contributed by atoms with Gasteiger partial charge in [-0.1, -0.05) is 131 Å². The highest BCUT2D eigenvalue weighted by atomic mass is 35.5. The van der Waals surface area contributed by atoms with Crippen LogP contribution in [0.3, 0.4) is 0 Å². The molecule has 6 aromatic heterocycles. The van der Waals surface area contributed by atoms with Gasteiger partial charge in [-0.2, -0.15) is 9.97 Å². The molecule has 2 atom stereocenters. The second-order valence-electron chi connectivity index (χ2n) is 15.9. The number of hydrogen-bond acceptors (Lipinski definition) is 11. The van der Waals surface area contributed by atoms with Crippen molar-refractivity contribution >= 4 is 86.7 Å². The molecule has 0 fully saturated rings. The van der Waals surface area contributed by atoms with Crippen molar-refractivity contribution in [3.8, 4) is 23.3 Å². The molecular formula is C53H36Cl4N10O3. The van der Waals surface area contributed by atoms with Gasteiger partial charge in [-0.25, -0.2) is 29.9 Å². The molecule has 0 radical (unpaired) electrons. The van der Waals surface area contributed by atoms with E-state index in [1.165, 1.54) is 12.7 Å². The van der Waals surface area contributed by atoms with Crippen LogP contribution in [0.2, 0.25) is 20.4 Å². The summed E-state index contributed by atoms with van der Waals surface area (Å²) in [5.74, 6) is 0.0485. The van der Waals surface area contributed by atoms with E-state index in [0.717, 1.165) is 33.4 Å². The number of nitrogens with zero attached hydrogens (tertiary/aromatic N) is 10. The molecule has 2 unspecified atom stereocenters. The van der Waals surface area contributed by atoms with Crippen molar-refractivity contribution < 1.29 is 14.3 Å². The van der Waals surface area contributed by atoms with Gasteiger partial charge in [0.05, 0.1) is 37.6 Å². The van der Waals surface area contributed by atoms with E-state index in [4.69, 9.17) is 55.9 Å². The van der Waals surface area contributed by atoms with Crippen molar-refractivity contribution in [2.24, 2.45) is 0 Å². The molecule has 0 saturated heterocycles. The number of pyridine rings is 2. The van der Waals surface area contributed by atoms with Gasteiger partial charge in [0.25, 0.3) is 11.8 Å². The number of fused-ring (bicyclic) bond motifs is 2. The minimum atomic E-state index is -0.711. The van der Waals surface area contributed by atoms with Gasteiger partial charge in [0, 0.05) is 22.4 Å². The fraction of sp³-hybridized carbons (Fsp3) is 0.0755. The number of ketones is 1. The predicted octanol–water partition coefficient (Wildman–Crippen LogP) is 12.9. The van der Waals surface area contributed by atoms with E-state index in [1.807, 2.05) is 143 Å². The van der Waals surface area contributed by atoms with Crippen LogP contribution in [0.25, 0.3) is 34.5 Å². The number of carbonyl (C=O) groups excluding carboxylic acids is 1. The number of halogens is 4. The normalized spacial score (nSPS) is 12.5. The SMILES string of the molecule is O=C(C(/C=C/c1ccc(Cl)cc1)c1ccc(Oc2ncnc3c2ncn3Cc2ccc(Cl)nc2)cc1)C(/C=C/c1ccc(Cl)cc1)c1ccc(Oc2ncnc3c2ncn3Cc2ccc(Cl)nc2)cc1. The third-order valence-electron chi connectivity index (χ3n) is 11.2. The summed E-state index contributed by atoms with van der Waals surface area (Å²) in [6, 6.07) is 36.8. The number of hydrogen-bond donors (Lipinski definition) is 0. The lowest BCUT2D eigenvalue weighted by molar-refractivity contribution is -0.120. The number of carbonyl (C=O) groups is 1. The zero-order valence-electron chi connectivity index (χ0n) is 36.6. The first-order valence-corrected chi connectivity index (χ1v) is 23.2. The lowest BCUT2D eigenvalue weighted by Gasteiger charge is -2.20. The molecule has 0 aliphatic rings. The molecule has 0 amide bonds. The van der Waals surface area contributed by atoms with E-state index >= 15 is 4.79 Å². The summed E-state index contributed by atoms with van der Waals surface area (Å²) in [5, 5.41) is 2.04. The summed E-state index contributed by atoms with van der Waals surface area (Å²) in [4.78, 5) is 50.5. The molecule has 0 N–H and O–H groups in total. The number of benzene rings is 4. The minimum Gasteiger partial charge on any atom is -0.437 e. The Morgan fingerprint density at radius 3 is 1.29 bits per heavy atom. The van der Waals surface area contributed by atoms with Crippen LogP contribution >= 0.6 is 46.4 Å². The van der Waals surface area contributed by atoms with Crippen molar-refractivity contribution in [3.63, 3.8) is 0 Å². The maximum atomic E-state index is 15.3. The van der Waals surface area contributed by atoms with Crippen LogP contribution in [0, 0.1) is 0 Å². The second kappa shape index (κ2) is 20.8. The molecule has 0 aliphatic heterocycles. The first-order valence-electron chi connectivity index (χ1n) is 21.7. The fourth-order valence-electron chi connectivity index (χ4n) is 7.70. The standard InChI is InChI=1S/C53H36Cl4N10O3/c54-39-13-1-33(2-14-39)5-21-43(37-9-17-41(18-10-37)69-52-47-50(60-29-62-52)66(31-64-47)27-35-7-23-45(56)58-25-35)49(68)44(22-6-34-3-15-40(55)16-4-34)38-11-19-42(20-12-38)70-53-48-51(61-30-63-53)67(32-65-48)28-36-8-24-46(57)59-26-36/h1-26,29-32,43-44H,27-28H2/b21-5+,22-6+. The second-order valence-corrected chi connectivity index (χ2v) is 17.6. The van der Waals surface area contributed by atoms with E-state index < -0.39 is 11.8 Å². The summed E-state index contributed by atoms with van der Waals surface area (Å²) >= 11 is 24.5. The largest absolute Gasteiger partial charge is 0.437 e. The quantitative estimate of drug-likeness (QED) is 0.0852. The summed E-state index contributed by atoms with van der Waals surface area (Å²) in [5.41, 5.74) is 7.25. The molecule has 4 aromatic carbocycles. The minimum absolute atomic E-state index is 0.0874. The van der Waals surface area contributed by atoms with Crippen LogP contribution in [0.1, 0.15) is 45.2 Å². The smallest absolute Gasteiger partial charge is 0.250 e. The average Bonchev–Trinajstić information content (AvgIpc) is 4.00. The topological polar surface area (TPSA) is 149 Å². The lowest BCUT2D eigenvalue weighted by Crippen LogP contribution is -2.18. The third kappa shape index (κ3) is 10.7. The molecule has 0 saturated carbocycles. The number of Topliss-reactive ketones (excluding diaryl/α,β-unsaturated/α-hetero) is 1.